The van der Waals surface area contributed by atoms with Gasteiger partial charge >= 0.3 is 0 Å². The third-order valence-electron chi connectivity index (χ3n) is 3.33. The summed E-state index contributed by atoms with van der Waals surface area (Å²) in [7, 11) is 1.65. The zero-order valence-corrected chi connectivity index (χ0v) is 15.2. The highest BCUT2D eigenvalue weighted by Crippen LogP contribution is 2.24. The molecule has 0 saturated carbocycles. The third kappa shape index (κ3) is 6.00. The minimum absolute atomic E-state index is 0.0295. The van der Waals surface area contributed by atoms with Crippen molar-refractivity contribution in [1.29, 1.82) is 0 Å². The van der Waals surface area contributed by atoms with Crippen molar-refractivity contribution in [2.45, 2.75) is 13.2 Å². The summed E-state index contributed by atoms with van der Waals surface area (Å²) in [6.07, 6.45) is 3.45. The van der Waals surface area contributed by atoms with Crippen molar-refractivity contribution in [3.05, 3.63) is 70.2 Å². The lowest BCUT2D eigenvalue weighted by Crippen LogP contribution is -1.98. The van der Waals surface area contributed by atoms with Gasteiger partial charge < -0.3 is 19.3 Å². The van der Waals surface area contributed by atoms with E-state index in [0.717, 1.165) is 27.1 Å². The summed E-state index contributed by atoms with van der Waals surface area (Å²) in [5.74, 6) is 1.62. The number of methoxy groups -OCH3 is 1. The van der Waals surface area contributed by atoms with E-state index < -0.39 is 0 Å². The summed E-state index contributed by atoms with van der Waals surface area (Å²) < 4.78 is 17.5. The summed E-state index contributed by atoms with van der Waals surface area (Å²) in [6.45, 7) is 1.45. The van der Waals surface area contributed by atoms with Crippen LogP contribution >= 0.6 is 15.9 Å². The van der Waals surface area contributed by atoms with Crippen molar-refractivity contribution < 1.29 is 19.3 Å². The van der Waals surface area contributed by atoms with Crippen LogP contribution in [0.1, 0.15) is 11.1 Å². The van der Waals surface area contributed by atoms with Crippen LogP contribution in [0.3, 0.4) is 0 Å². The first kappa shape index (κ1) is 18.5. The largest absolute Gasteiger partial charge is 0.497 e. The summed E-state index contributed by atoms with van der Waals surface area (Å²) in [6, 6.07) is 13.6. The number of ether oxygens (including phenoxy) is 3. The molecular weight excluding hydrogens is 372 g/mol. The predicted molar refractivity (Wildman–Crippen MR) is 97.3 cm³/mol. The average molecular weight is 393 g/mol. The van der Waals surface area contributed by atoms with Crippen molar-refractivity contribution in [2.75, 3.05) is 20.3 Å². The molecule has 0 bridgehead atoms. The molecule has 0 spiro atoms. The second kappa shape index (κ2) is 10.1. The zero-order valence-electron chi connectivity index (χ0n) is 13.6. The van der Waals surface area contributed by atoms with Crippen LogP contribution in [0.2, 0.25) is 0 Å². The smallest absolute Gasteiger partial charge is 0.120 e. The fourth-order valence-corrected chi connectivity index (χ4v) is 2.38. The Bertz CT molecular complexity index is 653. The second-order valence-electron chi connectivity index (χ2n) is 5.06. The lowest BCUT2D eigenvalue weighted by atomic mass is 10.2. The van der Waals surface area contributed by atoms with Crippen LogP contribution in [0.25, 0.3) is 0 Å². The van der Waals surface area contributed by atoms with E-state index in [9.17, 15) is 0 Å². The van der Waals surface area contributed by atoms with Crippen molar-refractivity contribution in [2.24, 2.45) is 0 Å². The quantitative estimate of drug-likeness (QED) is 0.515. The van der Waals surface area contributed by atoms with E-state index in [1.807, 2.05) is 42.5 Å². The first-order valence-electron chi connectivity index (χ1n) is 7.60. The van der Waals surface area contributed by atoms with E-state index in [2.05, 4.69) is 15.9 Å². The van der Waals surface area contributed by atoms with Crippen LogP contribution in [-0.4, -0.2) is 25.4 Å². The number of aliphatic hydroxyl groups is 1. The van der Waals surface area contributed by atoms with Gasteiger partial charge in [0.05, 0.1) is 26.9 Å². The summed E-state index contributed by atoms with van der Waals surface area (Å²) in [5, 5.41) is 8.67. The monoisotopic (exact) mass is 392 g/mol. The van der Waals surface area contributed by atoms with E-state index in [0.29, 0.717) is 19.8 Å². The van der Waals surface area contributed by atoms with Gasteiger partial charge in [0.2, 0.25) is 0 Å². The molecule has 2 rings (SSSR count). The maximum atomic E-state index is 8.67. The highest BCUT2D eigenvalue weighted by molar-refractivity contribution is 9.10. The van der Waals surface area contributed by atoms with Gasteiger partial charge in [-0.1, -0.05) is 40.2 Å². The molecule has 0 aliphatic rings. The molecule has 24 heavy (non-hydrogen) atoms. The second-order valence-corrected chi connectivity index (χ2v) is 5.91. The van der Waals surface area contributed by atoms with Crippen LogP contribution < -0.4 is 9.47 Å². The molecule has 1 N–H and O–H groups in total. The summed E-state index contributed by atoms with van der Waals surface area (Å²) in [5.41, 5.74) is 2.09. The van der Waals surface area contributed by atoms with Gasteiger partial charge in [0, 0.05) is 4.47 Å². The van der Waals surface area contributed by atoms with Gasteiger partial charge in [0.25, 0.3) is 0 Å². The van der Waals surface area contributed by atoms with Crippen LogP contribution in [0.4, 0.5) is 0 Å². The Morgan fingerprint density at radius 2 is 1.75 bits per heavy atom. The van der Waals surface area contributed by atoms with E-state index in [-0.39, 0.29) is 6.61 Å². The van der Waals surface area contributed by atoms with Gasteiger partial charge in [-0.3, -0.25) is 0 Å². The molecule has 0 heterocycles. The number of hydrogen-bond acceptors (Lipinski definition) is 4. The molecule has 0 aromatic heterocycles. The van der Waals surface area contributed by atoms with Gasteiger partial charge in [-0.2, -0.15) is 0 Å². The normalized spacial score (nSPS) is 11.0. The summed E-state index contributed by atoms with van der Waals surface area (Å²) in [4.78, 5) is 0. The third-order valence-corrected chi connectivity index (χ3v) is 4.10. The molecule has 2 aromatic carbocycles. The van der Waals surface area contributed by atoms with Crippen LogP contribution in [0.5, 0.6) is 11.5 Å². The molecule has 0 atom stereocenters. The fraction of sp³-hybridized carbons (Fsp3) is 0.263. The summed E-state index contributed by atoms with van der Waals surface area (Å²) >= 11 is 3.52. The molecule has 128 valence electrons. The first-order valence-corrected chi connectivity index (χ1v) is 8.40. The van der Waals surface area contributed by atoms with Crippen molar-refractivity contribution >= 4 is 15.9 Å². The number of halogens is 1. The Morgan fingerprint density at radius 3 is 2.46 bits per heavy atom. The Kier molecular flexibility index (Phi) is 7.82. The molecule has 2 aromatic rings. The first-order chi connectivity index (χ1) is 11.7. The maximum Gasteiger partial charge on any atom is 0.120 e. The number of benzene rings is 2. The van der Waals surface area contributed by atoms with Gasteiger partial charge in [-0.05, 0) is 41.5 Å². The Balaban J connectivity index is 1.90. The molecule has 0 fully saturated rings. The predicted octanol–water partition coefficient (Wildman–Crippen LogP) is 4.10. The number of aliphatic hydroxyl groups excluding tert-OH is 1. The van der Waals surface area contributed by atoms with E-state index in [4.69, 9.17) is 19.3 Å². The Hall–Kier alpha value is -1.82. The molecule has 4 nitrogen and oxygen atoms in total. The zero-order chi connectivity index (χ0) is 17.2. The molecule has 5 heteroatoms. The molecule has 0 aliphatic heterocycles. The molecule has 0 unspecified atom stereocenters. The Labute approximate surface area is 150 Å². The SMILES string of the molecule is COc1ccc(COc2ccc(Br)c(COC/C=C/CO)c2)cc1. The highest BCUT2D eigenvalue weighted by atomic mass is 79.9. The lowest BCUT2D eigenvalue weighted by molar-refractivity contribution is 0.147. The molecular formula is C19H21BrO4. The average Bonchev–Trinajstić information content (AvgIpc) is 2.62. The molecule has 0 aliphatic carbocycles. The topological polar surface area (TPSA) is 47.9 Å². The van der Waals surface area contributed by atoms with E-state index in [1.165, 1.54) is 0 Å². The minimum Gasteiger partial charge on any atom is -0.497 e. The van der Waals surface area contributed by atoms with Crippen LogP contribution in [-0.2, 0) is 18.0 Å². The van der Waals surface area contributed by atoms with Crippen molar-refractivity contribution in [1.82, 2.24) is 0 Å². The van der Waals surface area contributed by atoms with E-state index >= 15 is 0 Å². The van der Waals surface area contributed by atoms with Crippen molar-refractivity contribution in [3.63, 3.8) is 0 Å². The van der Waals surface area contributed by atoms with Crippen LogP contribution in [0, 0.1) is 0 Å². The molecule has 0 amide bonds. The number of rotatable bonds is 9. The Morgan fingerprint density at radius 1 is 1.00 bits per heavy atom. The molecule has 0 radical (unpaired) electrons. The van der Waals surface area contributed by atoms with Gasteiger partial charge in [0.1, 0.15) is 18.1 Å². The highest BCUT2D eigenvalue weighted by Gasteiger charge is 2.04. The van der Waals surface area contributed by atoms with Crippen molar-refractivity contribution in [3.8, 4) is 11.5 Å². The standard InChI is InChI=1S/C19H21BrO4/c1-22-17-6-4-15(5-7-17)13-24-18-8-9-19(20)16(12-18)14-23-11-3-2-10-21/h2-9,12,21H,10-11,13-14H2,1H3/b3-2+. The lowest BCUT2D eigenvalue weighted by Gasteiger charge is -2.10. The fourth-order valence-electron chi connectivity index (χ4n) is 2.02. The maximum absolute atomic E-state index is 8.67. The van der Waals surface area contributed by atoms with E-state index in [1.54, 1.807) is 19.3 Å². The van der Waals surface area contributed by atoms with Gasteiger partial charge in [0.15, 0.2) is 0 Å². The van der Waals surface area contributed by atoms with Crippen LogP contribution in [0.15, 0.2) is 59.1 Å². The molecule has 0 saturated heterocycles. The minimum atomic E-state index is 0.0295. The van der Waals surface area contributed by atoms with Gasteiger partial charge in [-0.15, -0.1) is 0 Å². The van der Waals surface area contributed by atoms with Gasteiger partial charge in [-0.25, -0.2) is 0 Å². The number of hydrogen-bond donors (Lipinski definition) is 1.